The van der Waals surface area contributed by atoms with Gasteiger partial charge in [-0.2, -0.15) is 0 Å². The molecule has 0 radical (unpaired) electrons. The number of amides is 1. The Bertz CT molecular complexity index is 786. The van der Waals surface area contributed by atoms with Crippen LogP contribution in [-0.4, -0.2) is 28.0 Å². The second kappa shape index (κ2) is 5.65. The van der Waals surface area contributed by atoms with Crippen molar-refractivity contribution in [1.82, 2.24) is 10.1 Å². The highest BCUT2D eigenvalue weighted by atomic mass is 16.5. The summed E-state index contributed by atoms with van der Waals surface area (Å²) in [7, 11) is 0. The lowest BCUT2D eigenvalue weighted by atomic mass is 9.96. The zero-order valence-corrected chi connectivity index (χ0v) is 14.3. The lowest BCUT2D eigenvalue weighted by Gasteiger charge is -2.38. The first kappa shape index (κ1) is 15.2. The molecule has 0 spiro atoms. The van der Waals surface area contributed by atoms with E-state index in [4.69, 9.17) is 9.26 Å². The molecule has 4 rings (SSSR count). The van der Waals surface area contributed by atoms with E-state index in [9.17, 15) is 4.79 Å². The van der Waals surface area contributed by atoms with Gasteiger partial charge in [0.05, 0.1) is 11.1 Å². The first-order chi connectivity index (χ1) is 11.6. The predicted octanol–water partition coefficient (Wildman–Crippen LogP) is 3.95. The molecule has 1 fully saturated rings. The van der Waals surface area contributed by atoms with Crippen LogP contribution in [0.5, 0.6) is 5.75 Å². The van der Waals surface area contributed by atoms with Crippen molar-refractivity contribution in [3.05, 3.63) is 35.0 Å². The van der Waals surface area contributed by atoms with Crippen LogP contribution in [0.3, 0.4) is 0 Å². The number of hydrogen-bond donors (Lipinski definition) is 0. The molecule has 0 saturated carbocycles. The normalized spacial score (nSPS) is 22.5. The Labute approximate surface area is 141 Å². The number of fused-ring (bicyclic) bond motifs is 3. The van der Waals surface area contributed by atoms with Gasteiger partial charge in [-0.1, -0.05) is 16.8 Å². The number of hydrogen-bond acceptors (Lipinski definition) is 4. The Morgan fingerprint density at radius 2 is 2.00 bits per heavy atom. The number of aromatic nitrogens is 1. The predicted molar refractivity (Wildman–Crippen MR) is 90.0 cm³/mol. The summed E-state index contributed by atoms with van der Waals surface area (Å²) in [5, 5.41) is 4.12. The minimum absolute atomic E-state index is 0.0422. The van der Waals surface area contributed by atoms with Crippen LogP contribution < -0.4 is 4.74 Å². The van der Waals surface area contributed by atoms with Gasteiger partial charge < -0.3 is 14.2 Å². The third kappa shape index (κ3) is 2.30. The van der Waals surface area contributed by atoms with E-state index in [0.717, 1.165) is 35.3 Å². The van der Waals surface area contributed by atoms with E-state index in [2.05, 4.69) is 19.0 Å². The van der Waals surface area contributed by atoms with Crippen LogP contribution in [0.1, 0.15) is 54.7 Å². The summed E-state index contributed by atoms with van der Waals surface area (Å²) >= 11 is 0. The van der Waals surface area contributed by atoms with Crippen LogP contribution in [-0.2, 0) is 6.61 Å². The van der Waals surface area contributed by atoms with Gasteiger partial charge in [0.15, 0.2) is 11.5 Å². The molecule has 5 nitrogen and oxygen atoms in total. The van der Waals surface area contributed by atoms with Crippen molar-refractivity contribution in [2.45, 2.75) is 58.7 Å². The average Bonchev–Trinajstić information content (AvgIpc) is 2.99. The molecule has 2 aliphatic heterocycles. The molecule has 2 aromatic rings. The quantitative estimate of drug-likeness (QED) is 0.796. The van der Waals surface area contributed by atoms with Gasteiger partial charge in [0.25, 0.3) is 5.91 Å². The number of aryl methyl sites for hydroxylation is 1. The van der Waals surface area contributed by atoms with E-state index in [1.165, 1.54) is 6.42 Å². The molecular formula is C19H22N2O3. The summed E-state index contributed by atoms with van der Waals surface area (Å²) < 4.78 is 11.4. The third-order valence-corrected chi connectivity index (χ3v) is 5.17. The lowest BCUT2D eigenvalue weighted by Crippen LogP contribution is -2.47. The second-order valence-corrected chi connectivity index (χ2v) is 6.97. The number of nitrogens with zero attached hydrogens (tertiary/aromatic N) is 2. The molecule has 126 valence electrons. The Kier molecular flexibility index (Phi) is 3.59. The standard InChI is InChI=1S/C19H22N2O3/c1-11-7-8-16-14(9-11)18-15(10-23-16)17(20-24-18)19(22)21-12(2)5-4-6-13(21)3/h7-9,12-13H,4-6,10H2,1-3H3. The first-order valence-corrected chi connectivity index (χ1v) is 8.61. The van der Waals surface area contributed by atoms with Crippen molar-refractivity contribution in [3.63, 3.8) is 0 Å². The summed E-state index contributed by atoms with van der Waals surface area (Å²) in [6, 6.07) is 6.41. The van der Waals surface area contributed by atoms with Gasteiger partial charge in [-0.05, 0) is 52.2 Å². The topological polar surface area (TPSA) is 55.6 Å². The molecule has 0 N–H and O–H groups in total. The Hall–Kier alpha value is -2.30. The maximum atomic E-state index is 13.1. The fraction of sp³-hybridized carbons (Fsp3) is 0.474. The SMILES string of the molecule is Cc1ccc2c(c1)-c1onc(C(=O)N3C(C)CCCC3C)c1CO2. The minimum Gasteiger partial charge on any atom is -0.488 e. The van der Waals surface area contributed by atoms with Crippen LogP contribution in [0.15, 0.2) is 22.7 Å². The van der Waals surface area contributed by atoms with Crippen molar-refractivity contribution in [1.29, 1.82) is 0 Å². The van der Waals surface area contributed by atoms with Crippen LogP contribution >= 0.6 is 0 Å². The molecule has 0 bridgehead atoms. The summed E-state index contributed by atoms with van der Waals surface area (Å²) in [5.41, 5.74) is 3.16. The molecular weight excluding hydrogens is 304 g/mol. The van der Waals surface area contributed by atoms with Gasteiger partial charge in [0.1, 0.15) is 12.4 Å². The number of ether oxygens (including phenoxy) is 1. The monoisotopic (exact) mass is 326 g/mol. The molecule has 2 unspecified atom stereocenters. The Balaban J connectivity index is 1.73. The fourth-order valence-electron chi connectivity index (χ4n) is 3.86. The summed E-state index contributed by atoms with van der Waals surface area (Å²) in [6.45, 7) is 6.56. The minimum atomic E-state index is -0.0422. The number of rotatable bonds is 1. The van der Waals surface area contributed by atoms with Crippen LogP contribution in [0.4, 0.5) is 0 Å². The van der Waals surface area contributed by atoms with Gasteiger partial charge in [-0.15, -0.1) is 0 Å². The molecule has 1 saturated heterocycles. The highest BCUT2D eigenvalue weighted by molar-refractivity contribution is 5.96. The van der Waals surface area contributed by atoms with Crippen LogP contribution in [0.2, 0.25) is 0 Å². The van der Waals surface area contributed by atoms with Crippen molar-refractivity contribution < 1.29 is 14.1 Å². The molecule has 1 aromatic carbocycles. The molecule has 24 heavy (non-hydrogen) atoms. The largest absolute Gasteiger partial charge is 0.488 e. The fourth-order valence-corrected chi connectivity index (χ4v) is 3.86. The zero-order chi connectivity index (χ0) is 16.8. The zero-order valence-electron chi connectivity index (χ0n) is 14.3. The average molecular weight is 326 g/mol. The highest BCUT2D eigenvalue weighted by Crippen LogP contribution is 2.40. The number of benzene rings is 1. The second-order valence-electron chi connectivity index (χ2n) is 6.97. The molecule has 2 atom stereocenters. The summed E-state index contributed by atoms with van der Waals surface area (Å²) in [5.74, 6) is 1.41. The molecule has 0 aliphatic carbocycles. The van der Waals surface area contributed by atoms with Gasteiger partial charge in [-0.3, -0.25) is 4.79 Å². The van der Waals surface area contributed by atoms with Gasteiger partial charge in [-0.25, -0.2) is 0 Å². The number of likely N-dealkylation sites (tertiary alicyclic amines) is 1. The van der Waals surface area contributed by atoms with E-state index in [-0.39, 0.29) is 18.0 Å². The highest BCUT2D eigenvalue weighted by Gasteiger charge is 2.35. The number of carbonyl (C=O) groups excluding carboxylic acids is 1. The third-order valence-electron chi connectivity index (χ3n) is 5.17. The van der Waals surface area contributed by atoms with Crippen molar-refractivity contribution in [2.75, 3.05) is 0 Å². The summed E-state index contributed by atoms with van der Waals surface area (Å²) in [4.78, 5) is 15.0. The summed E-state index contributed by atoms with van der Waals surface area (Å²) in [6.07, 6.45) is 3.24. The molecule has 1 amide bonds. The van der Waals surface area contributed by atoms with Crippen molar-refractivity contribution in [2.24, 2.45) is 0 Å². The lowest BCUT2D eigenvalue weighted by molar-refractivity contribution is 0.0498. The smallest absolute Gasteiger partial charge is 0.276 e. The first-order valence-electron chi connectivity index (χ1n) is 8.61. The van der Waals surface area contributed by atoms with E-state index in [1.54, 1.807) is 0 Å². The molecule has 1 aromatic heterocycles. The van der Waals surface area contributed by atoms with Gasteiger partial charge in [0.2, 0.25) is 0 Å². The maximum absolute atomic E-state index is 13.1. The molecule has 3 heterocycles. The van der Waals surface area contributed by atoms with E-state index < -0.39 is 0 Å². The Morgan fingerprint density at radius 1 is 1.25 bits per heavy atom. The van der Waals surface area contributed by atoms with Crippen molar-refractivity contribution in [3.8, 4) is 17.1 Å². The van der Waals surface area contributed by atoms with Gasteiger partial charge >= 0.3 is 0 Å². The Morgan fingerprint density at radius 3 is 2.75 bits per heavy atom. The van der Waals surface area contributed by atoms with Crippen LogP contribution in [0, 0.1) is 6.92 Å². The van der Waals surface area contributed by atoms with Crippen LogP contribution in [0.25, 0.3) is 11.3 Å². The van der Waals surface area contributed by atoms with Crippen molar-refractivity contribution >= 4 is 5.91 Å². The van der Waals surface area contributed by atoms with E-state index in [0.29, 0.717) is 18.1 Å². The number of carbonyl (C=O) groups is 1. The van der Waals surface area contributed by atoms with E-state index in [1.807, 2.05) is 30.0 Å². The van der Waals surface area contributed by atoms with Gasteiger partial charge in [0, 0.05) is 12.1 Å². The molecule has 5 heteroatoms. The molecule has 2 aliphatic rings. The van der Waals surface area contributed by atoms with E-state index >= 15 is 0 Å². The maximum Gasteiger partial charge on any atom is 0.276 e. The number of piperidine rings is 1.